The number of nitrogens with two attached hydrogens (primary N) is 1. The summed E-state index contributed by atoms with van der Waals surface area (Å²) in [6.45, 7) is 6.00. The molecule has 0 aliphatic rings. The van der Waals surface area contributed by atoms with E-state index in [1.54, 1.807) is 47.7 Å². The van der Waals surface area contributed by atoms with Gasteiger partial charge in [-0.25, -0.2) is 15.0 Å². The van der Waals surface area contributed by atoms with Crippen molar-refractivity contribution in [2.75, 3.05) is 12.8 Å². The molecule has 0 aliphatic carbocycles. The molecule has 0 bridgehead atoms. The number of hydrogen-bond donors (Lipinski definition) is 1. The third-order valence-corrected chi connectivity index (χ3v) is 5.18. The molecule has 0 fully saturated rings. The van der Waals surface area contributed by atoms with E-state index in [9.17, 15) is 4.79 Å². The molecular formula is C19H21N5OS. The molecule has 0 radical (unpaired) electrons. The fraction of sp³-hybridized carbons (Fsp3) is 0.263. The molecule has 2 heterocycles. The van der Waals surface area contributed by atoms with Crippen molar-refractivity contribution in [3.8, 4) is 11.4 Å². The lowest BCUT2D eigenvalue weighted by Crippen LogP contribution is -2.30. The molecule has 0 saturated carbocycles. The highest BCUT2D eigenvalue weighted by Gasteiger charge is 2.23. The Kier molecular flexibility index (Phi) is 4.99. The van der Waals surface area contributed by atoms with E-state index in [2.05, 4.69) is 15.0 Å². The number of nitrogens with zero attached hydrogens (tertiary/aromatic N) is 4. The van der Waals surface area contributed by atoms with Gasteiger partial charge in [-0.1, -0.05) is 12.1 Å². The first-order valence-electron chi connectivity index (χ1n) is 8.27. The van der Waals surface area contributed by atoms with Crippen LogP contribution >= 0.6 is 11.3 Å². The van der Waals surface area contributed by atoms with Gasteiger partial charge >= 0.3 is 0 Å². The predicted molar refractivity (Wildman–Crippen MR) is 104 cm³/mol. The zero-order chi connectivity index (χ0) is 18.8. The molecule has 0 spiro atoms. The lowest BCUT2D eigenvalue weighted by atomic mass is 10.1. The lowest BCUT2D eigenvalue weighted by Gasteiger charge is -2.24. The largest absolute Gasteiger partial charge is 0.384 e. The van der Waals surface area contributed by atoms with E-state index in [0.29, 0.717) is 17.2 Å². The monoisotopic (exact) mass is 367 g/mol. The third-order valence-electron chi connectivity index (χ3n) is 4.28. The Hall–Kier alpha value is -2.80. The van der Waals surface area contributed by atoms with Gasteiger partial charge < -0.3 is 10.6 Å². The molecular weight excluding hydrogens is 346 g/mol. The van der Waals surface area contributed by atoms with Crippen LogP contribution in [0.1, 0.15) is 38.9 Å². The van der Waals surface area contributed by atoms with Crippen molar-refractivity contribution in [1.29, 1.82) is 0 Å². The van der Waals surface area contributed by atoms with Gasteiger partial charge in [0.2, 0.25) is 0 Å². The number of carbonyl (C=O) groups is 1. The first kappa shape index (κ1) is 18.0. The Labute approximate surface area is 156 Å². The van der Waals surface area contributed by atoms with Crippen molar-refractivity contribution in [3.63, 3.8) is 0 Å². The molecule has 1 unspecified atom stereocenters. The fourth-order valence-electron chi connectivity index (χ4n) is 2.80. The molecule has 7 heteroatoms. The number of carbonyl (C=O) groups excluding carboxylic acids is 1. The van der Waals surface area contributed by atoms with E-state index in [1.165, 1.54) is 0 Å². The third kappa shape index (κ3) is 3.57. The van der Waals surface area contributed by atoms with Gasteiger partial charge in [0.05, 0.1) is 16.7 Å². The Morgan fingerprint density at radius 2 is 2.00 bits per heavy atom. The highest BCUT2D eigenvalue weighted by molar-refractivity contribution is 7.11. The summed E-state index contributed by atoms with van der Waals surface area (Å²) in [4.78, 5) is 28.8. The molecule has 0 saturated heterocycles. The summed E-state index contributed by atoms with van der Waals surface area (Å²) in [6.07, 6.45) is 1.60. The summed E-state index contributed by atoms with van der Waals surface area (Å²) in [5, 5.41) is 1.01. The average molecular weight is 367 g/mol. The second-order valence-corrected chi connectivity index (χ2v) is 7.56. The van der Waals surface area contributed by atoms with E-state index in [-0.39, 0.29) is 11.9 Å². The van der Waals surface area contributed by atoms with E-state index in [4.69, 9.17) is 5.73 Å². The SMILES string of the molecule is Cc1nc(C(C)N(C)C(=O)c2cccc(-c3nccc(N)n3)c2)c(C)s1. The first-order chi connectivity index (χ1) is 12.4. The van der Waals surface area contributed by atoms with Crippen molar-refractivity contribution in [1.82, 2.24) is 19.9 Å². The summed E-state index contributed by atoms with van der Waals surface area (Å²) < 4.78 is 0. The molecule has 3 rings (SSSR count). The molecule has 0 aliphatic heterocycles. The van der Waals surface area contributed by atoms with E-state index >= 15 is 0 Å². The average Bonchev–Trinajstić information content (AvgIpc) is 2.98. The van der Waals surface area contributed by atoms with E-state index in [0.717, 1.165) is 21.1 Å². The van der Waals surface area contributed by atoms with Gasteiger partial charge in [0.1, 0.15) is 5.82 Å². The topological polar surface area (TPSA) is 85.0 Å². The van der Waals surface area contributed by atoms with Gasteiger partial charge in [-0.2, -0.15) is 0 Å². The van der Waals surface area contributed by atoms with Crippen LogP contribution in [0.4, 0.5) is 5.82 Å². The number of aryl methyl sites for hydroxylation is 2. The molecule has 26 heavy (non-hydrogen) atoms. The van der Waals surface area contributed by atoms with Crippen molar-refractivity contribution in [2.24, 2.45) is 0 Å². The molecule has 1 amide bonds. The second-order valence-electron chi connectivity index (χ2n) is 6.15. The van der Waals surface area contributed by atoms with E-state index in [1.807, 2.05) is 32.9 Å². The number of aromatic nitrogens is 3. The number of amides is 1. The van der Waals surface area contributed by atoms with Crippen LogP contribution in [0.25, 0.3) is 11.4 Å². The van der Waals surface area contributed by atoms with Crippen LogP contribution in [0.5, 0.6) is 0 Å². The van der Waals surface area contributed by atoms with Crippen LogP contribution in [-0.4, -0.2) is 32.8 Å². The van der Waals surface area contributed by atoms with Gasteiger partial charge in [0.25, 0.3) is 5.91 Å². The maximum Gasteiger partial charge on any atom is 0.254 e. The predicted octanol–water partition coefficient (Wildman–Crippen LogP) is 3.63. The minimum absolute atomic E-state index is 0.0756. The minimum atomic E-state index is -0.111. The Morgan fingerprint density at radius 3 is 2.65 bits per heavy atom. The fourth-order valence-corrected chi connectivity index (χ4v) is 3.71. The van der Waals surface area contributed by atoms with E-state index < -0.39 is 0 Å². The number of nitrogen functional groups attached to an aromatic ring is 1. The summed E-state index contributed by atoms with van der Waals surface area (Å²) in [5.74, 6) is 0.821. The van der Waals surface area contributed by atoms with Gasteiger partial charge in [-0.05, 0) is 39.0 Å². The summed E-state index contributed by atoms with van der Waals surface area (Å²) in [6, 6.07) is 8.79. The number of rotatable bonds is 4. The number of benzene rings is 1. The maximum absolute atomic E-state index is 13.0. The maximum atomic E-state index is 13.0. The number of hydrogen-bond acceptors (Lipinski definition) is 6. The van der Waals surface area contributed by atoms with Gasteiger partial charge in [-0.3, -0.25) is 4.79 Å². The molecule has 2 aromatic heterocycles. The minimum Gasteiger partial charge on any atom is -0.384 e. The highest BCUT2D eigenvalue weighted by Crippen LogP contribution is 2.27. The first-order valence-corrected chi connectivity index (χ1v) is 9.08. The Morgan fingerprint density at radius 1 is 1.23 bits per heavy atom. The second kappa shape index (κ2) is 7.21. The van der Waals surface area contributed by atoms with Crippen LogP contribution in [0.3, 0.4) is 0 Å². The van der Waals surface area contributed by atoms with Crippen molar-refractivity contribution in [3.05, 3.63) is 57.7 Å². The van der Waals surface area contributed by atoms with Gasteiger partial charge in [0.15, 0.2) is 5.82 Å². The van der Waals surface area contributed by atoms with Crippen molar-refractivity contribution < 1.29 is 4.79 Å². The zero-order valence-corrected chi connectivity index (χ0v) is 16.0. The molecule has 6 nitrogen and oxygen atoms in total. The van der Waals surface area contributed by atoms with Crippen LogP contribution < -0.4 is 5.73 Å². The Balaban J connectivity index is 1.88. The summed E-state index contributed by atoms with van der Waals surface area (Å²) >= 11 is 1.65. The standard InChI is InChI=1S/C19H21N5OS/c1-11(17-12(2)26-13(3)22-17)24(4)19(25)15-7-5-6-14(10-15)18-21-9-8-16(20)23-18/h5-11H,1-4H3,(H2,20,21,23). The number of anilines is 1. The quantitative estimate of drug-likeness (QED) is 0.761. The zero-order valence-electron chi connectivity index (χ0n) is 15.2. The van der Waals surface area contributed by atoms with Crippen LogP contribution in [0.15, 0.2) is 36.5 Å². The number of thiazole rings is 1. The summed E-state index contributed by atoms with van der Waals surface area (Å²) in [7, 11) is 1.80. The van der Waals surface area contributed by atoms with Gasteiger partial charge in [0, 0.05) is 29.2 Å². The molecule has 2 N–H and O–H groups in total. The lowest BCUT2D eigenvalue weighted by molar-refractivity contribution is 0.0740. The Bertz CT molecular complexity index is 953. The normalized spacial score (nSPS) is 12.0. The van der Waals surface area contributed by atoms with Crippen LogP contribution in [-0.2, 0) is 0 Å². The molecule has 134 valence electrons. The molecule has 3 aromatic rings. The van der Waals surface area contributed by atoms with Crippen molar-refractivity contribution in [2.45, 2.75) is 26.8 Å². The molecule has 1 aromatic carbocycles. The molecule has 1 atom stereocenters. The summed E-state index contributed by atoms with van der Waals surface area (Å²) in [5.41, 5.74) is 8.00. The highest BCUT2D eigenvalue weighted by atomic mass is 32.1. The smallest absolute Gasteiger partial charge is 0.254 e. The van der Waals surface area contributed by atoms with Crippen molar-refractivity contribution >= 4 is 23.1 Å². The van der Waals surface area contributed by atoms with Gasteiger partial charge in [-0.15, -0.1) is 11.3 Å². The van der Waals surface area contributed by atoms with Crippen LogP contribution in [0, 0.1) is 13.8 Å². The van der Waals surface area contributed by atoms with Crippen LogP contribution in [0.2, 0.25) is 0 Å².